The lowest BCUT2D eigenvalue weighted by molar-refractivity contribution is -0.128. The molecule has 1 aromatic heterocycles. The topological polar surface area (TPSA) is 70.2 Å². The van der Waals surface area contributed by atoms with Gasteiger partial charge in [0.15, 0.2) is 11.9 Å². The smallest absolute Gasteiger partial charge is 0.260 e. The summed E-state index contributed by atoms with van der Waals surface area (Å²) in [5, 5.41) is 11.3. The highest BCUT2D eigenvalue weighted by Crippen LogP contribution is 2.40. The fourth-order valence-electron chi connectivity index (χ4n) is 3.46. The number of aromatic amines is 1. The first-order valence-corrected chi connectivity index (χ1v) is 9.99. The fraction of sp³-hybridized carbons (Fsp3) is 0.500. The maximum Gasteiger partial charge on any atom is 0.260 e. The van der Waals surface area contributed by atoms with Crippen LogP contribution in [0, 0.1) is 0 Å². The van der Waals surface area contributed by atoms with E-state index in [1.807, 2.05) is 6.07 Å². The number of carbonyl (C=O) groups excluding carboxylic acids is 1. The second-order valence-electron chi connectivity index (χ2n) is 7.44. The lowest BCUT2D eigenvalue weighted by atomic mass is 10.0. The molecule has 1 aliphatic carbocycles. The minimum Gasteiger partial charge on any atom is -0.481 e. The molecule has 2 fully saturated rings. The minimum absolute atomic E-state index is 0.0933. The van der Waals surface area contributed by atoms with Crippen LogP contribution in [0.25, 0.3) is 0 Å². The van der Waals surface area contributed by atoms with E-state index in [1.54, 1.807) is 25.1 Å². The van der Waals surface area contributed by atoms with Crippen LogP contribution >= 0.6 is 11.6 Å². The highest BCUT2D eigenvalue weighted by atomic mass is 35.5. The molecule has 4 rings (SSSR count). The predicted octanol–water partition coefficient (Wildman–Crippen LogP) is 3.49. The first-order valence-electron chi connectivity index (χ1n) is 9.61. The summed E-state index contributed by atoms with van der Waals surface area (Å²) < 4.78 is 5.70. The molecule has 1 unspecified atom stereocenters. The number of hydrogen-bond acceptors (Lipinski definition) is 4. The molecule has 1 aromatic carbocycles. The molecule has 1 aliphatic heterocycles. The first kappa shape index (κ1) is 18.2. The molecule has 144 valence electrons. The molecular weight excluding hydrogens is 364 g/mol. The van der Waals surface area contributed by atoms with Crippen LogP contribution in [0.1, 0.15) is 44.2 Å². The predicted molar refractivity (Wildman–Crippen MR) is 105 cm³/mol. The van der Waals surface area contributed by atoms with Crippen molar-refractivity contribution in [1.82, 2.24) is 15.5 Å². The Kier molecular flexibility index (Phi) is 5.25. The number of nitrogens with one attached hydrogen (secondary N) is 2. The van der Waals surface area contributed by atoms with Crippen molar-refractivity contribution in [3.05, 3.63) is 41.0 Å². The third-order valence-electron chi connectivity index (χ3n) is 5.24. The van der Waals surface area contributed by atoms with E-state index >= 15 is 0 Å². The molecule has 0 spiro atoms. The normalized spacial score (nSPS) is 19.0. The lowest BCUT2D eigenvalue weighted by Gasteiger charge is -2.32. The highest BCUT2D eigenvalue weighted by Gasteiger charge is 2.28. The van der Waals surface area contributed by atoms with Gasteiger partial charge in [0.1, 0.15) is 5.75 Å². The number of piperidine rings is 1. The van der Waals surface area contributed by atoms with Gasteiger partial charge < -0.3 is 15.0 Å². The van der Waals surface area contributed by atoms with E-state index in [2.05, 4.69) is 26.5 Å². The van der Waals surface area contributed by atoms with Gasteiger partial charge in [0.05, 0.1) is 0 Å². The second-order valence-corrected chi connectivity index (χ2v) is 7.88. The van der Waals surface area contributed by atoms with Gasteiger partial charge in [-0.05, 0) is 50.8 Å². The SMILES string of the molecule is CC(Oc1cccc(Cl)c1)C(=O)NC1CCN(c2cc(C3CC3)[nH]n2)CC1. The van der Waals surface area contributed by atoms with Gasteiger partial charge in [-0.15, -0.1) is 0 Å². The number of rotatable bonds is 6. The van der Waals surface area contributed by atoms with E-state index < -0.39 is 6.10 Å². The molecule has 7 heteroatoms. The Morgan fingerprint density at radius 3 is 2.78 bits per heavy atom. The van der Waals surface area contributed by atoms with Crippen LogP contribution in [0.15, 0.2) is 30.3 Å². The Morgan fingerprint density at radius 1 is 1.30 bits per heavy atom. The van der Waals surface area contributed by atoms with Crippen molar-refractivity contribution in [3.63, 3.8) is 0 Å². The van der Waals surface area contributed by atoms with Crippen LogP contribution < -0.4 is 15.0 Å². The Bertz CT molecular complexity index is 797. The van der Waals surface area contributed by atoms with Crippen LogP contribution in [0.3, 0.4) is 0 Å². The third kappa shape index (κ3) is 4.56. The molecule has 2 N–H and O–H groups in total. The molecule has 1 amide bonds. The van der Waals surface area contributed by atoms with Gasteiger partial charge in [0.25, 0.3) is 5.91 Å². The monoisotopic (exact) mass is 388 g/mol. The zero-order chi connectivity index (χ0) is 18.8. The molecule has 1 saturated heterocycles. The number of halogens is 1. The lowest BCUT2D eigenvalue weighted by Crippen LogP contribution is -2.48. The third-order valence-corrected chi connectivity index (χ3v) is 5.48. The van der Waals surface area contributed by atoms with Crippen molar-refractivity contribution < 1.29 is 9.53 Å². The summed E-state index contributed by atoms with van der Waals surface area (Å²) in [7, 11) is 0. The maximum absolute atomic E-state index is 12.4. The Morgan fingerprint density at radius 2 is 2.07 bits per heavy atom. The van der Waals surface area contributed by atoms with Crippen molar-refractivity contribution in [2.75, 3.05) is 18.0 Å². The number of H-pyrrole nitrogens is 1. The molecule has 0 radical (unpaired) electrons. The first-order chi connectivity index (χ1) is 13.1. The van der Waals surface area contributed by atoms with Crippen molar-refractivity contribution in [2.45, 2.75) is 50.7 Å². The number of hydrogen-bond donors (Lipinski definition) is 2. The molecule has 2 aliphatic rings. The van der Waals surface area contributed by atoms with Crippen LogP contribution in [0.2, 0.25) is 5.02 Å². The van der Waals surface area contributed by atoms with Gasteiger partial charge in [0, 0.05) is 41.8 Å². The molecule has 0 bridgehead atoms. The summed E-state index contributed by atoms with van der Waals surface area (Å²) >= 11 is 5.96. The molecule has 1 saturated carbocycles. The van der Waals surface area contributed by atoms with Gasteiger partial charge in [-0.2, -0.15) is 5.10 Å². The number of carbonyl (C=O) groups is 1. The number of benzene rings is 1. The van der Waals surface area contributed by atoms with Crippen molar-refractivity contribution in [2.24, 2.45) is 0 Å². The number of nitrogens with zero attached hydrogens (tertiary/aromatic N) is 2. The number of amides is 1. The maximum atomic E-state index is 12.4. The van der Waals surface area contributed by atoms with Crippen molar-refractivity contribution >= 4 is 23.3 Å². The molecule has 2 heterocycles. The summed E-state index contributed by atoms with van der Waals surface area (Å²) in [5.41, 5.74) is 1.26. The molecular formula is C20H25ClN4O2. The molecule has 1 atom stereocenters. The van der Waals surface area contributed by atoms with E-state index in [9.17, 15) is 4.79 Å². The second kappa shape index (κ2) is 7.80. The van der Waals surface area contributed by atoms with Gasteiger partial charge in [-0.1, -0.05) is 17.7 Å². The van der Waals surface area contributed by atoms with Gasteiger partial charge in [-0.25, -0.2) is 0 Å². The van der Waals surface area contributed by atoms with Gasteiger partial charge in [0.2, 0.25) is 0 Å². The quantitative estimate of drug-likeness (QED) is 0.794. The largest absolute Gasteiger partial charge is 0.481 e. The van der Waals surface area contributed by atoms with E-state index in [1.165, 1.54) is 18.5 Å². The average Bonchev–Trinajstić information content (AvgIpc) is 3.39. The number of anilines is 1. The van der Waals surface area contributed by atoms with Gasteiger partial charge >= 0.3 is 0 Å². The number of ether oxygens (including phenoxy) is 1. The Balaban J connectivity index is 1.24. The summed E-state index contributed by atoms with van der Waals surface area (Å²) in [4.78, 5) is 14.7. The Labute approximate surface area is 164 Å². The highest BCUT2D eigenvalue weighted by molar-refractivity contribution is 6.30. The van der Waals surface area contributed by atoms with E-state index in [-0.39, 0.29) is 11.9 Å². The van der Waals surface area contributed by atoms with Crippen molar-refractivity contribution in [3.8, 4) is 5.75 Å². The molecule has 6 nitrogen and oxygen atoms in total. The van der Waals surface area contributed by atoms with E-state index in [0.717, 1.165) is 31.7 Å². The van der Waals surface area contributed by atoms with Crippen LogP contribution in [-0.2, 0) is 4.79 Å². The summed E-state index contributed by atoms with van der Waals surface area (Å²) in [6.45, 7) is 3.54. The number of aromatic nitrogens is 2. The summed E-state index contributed by atoms with van der Waals surface area (Å²) in [5.74, 6) is 2.22. The zero-order valence-electron chi connectivity index (χ0n) is 15.5. The standard InChI is InChI=1S/C20H25ClN4O2/c1-13(27-17-4-2-3-15(21)11-17)20(26)22-16-7-9-25(10-8-16)19-12-18(23-24-19)14-5-6-14/h2-4,11-14,16H,5-10H2,1H3,(H,22,26)(H,23,24). The fourth-order valence-corrected chi connectivity index (χ4v) is 3.64. The minimum atomic E-state index is -0.561. The van der Waals surface area contributed by atoms with E-state index in [0.29, 0.717) is 16.7 Å². The van der Waals surface area contributed by atoms with E-state index in [4.69, 9.17) is 16.3 Å². The van der Waals surface area contributed by atoms with Crippen LogP contribution in [0.5, 0.6) is 5.75 Å². The zero-order valence-corrected chi connectivity index (χ0v) is 16.2. The summed E-state index contributed by atoms with van der Waals surface area (Å²) in [6.07, 6.45) is 3.78. The molecule has 27 heavy (non-hydrogen) atoms. The molecule has 2 aromatic rings. The summed E-state index contributed by atoms with van der Waals surface area (Å²) in [6, 6.07) is 9.44. The average molecular weight is 389 g/mol. The van der Waals surface area contributed by atoms with Crippen LogP contribution in [-0.4, -0.2) is 41.3 Å². The van der Waals surface area contributed by atoms with Gasteiger partial charge in [-0.3, -0.25) is 9.89 Å². The van der Waals surface area contributed by atoms with Crippen LogP contribution in [0.4, 0.5) is 5.82 Å². The Hall–Kier alpha value is -2.21. The van der Waals surface area contributed by atoms with Crippen molar-refractivity contribution in [1.29, 1.82) is 0 Å².